The first kappa shape index (κ1) is 32.0. The molecule has 0 saturated carbocycles. The summed E-state index contributed by atoms with van der Waals surface area (Å²) < 4.78 is 0. The third-order valence-corrected chi connectivity index (χ3v) is 14.1. The molecule has 0 aromatic heterocycles. The summed E-state index contributed by atoms with van der Waals surface area (Å²) in [5.74, 6) is 0.482. The number of anilines is 3. The zero-order valence-corrected chi connectivity index (χ0v) is 32.1. The Labute approximate surface area is 314 Å². The van der Waals surface area contributed by atoms with E-state index in [1.54, 1.807) is 0 Å². The van der Waals surface area contributed by atoms with Crippen LogP contribution in [0.15, 0.2) is 164 Å². The summed E-state index contributed by atoms with van der Waals surface area (Å²) in [4.78, 5) is 2.43. The van der Waals surface area contributed by atoms with Gasteiger partial charge in [-0.15, -0.1) is 0 Å². The van der Waals surface area contributed by atoms with Gasteiger partial charge in [-0.2, -0.15) is 0 Å². The van der Waals surface area contributed by atoms with E-state index in [4.69, 9.17) is 0 Å². The first-order valence-electron chi connectivity index (χ1n) is 19.0. The van der Waals surface area contributed by atoms with Crippen LogP contribution < -0.4 is 10.1 Å². The van der Waals surface area contributed by atoms with Gasteiger partial charge in [0.15, 0.2) is 0 Å². The molecule has 0 bridgehead atoms. The van der Waals surface area contributed by atoms with Crippen molar-refractivity contribution in [3.63, 3.8) is 0 Å². The van der Waals surface area contributed by atoms with Crippen LogP contribution in [0.3, 0.4) is 0 Å². The molecule has 53 heavy (non-hydrogen) atoms. The highest BCUT2D eigenvalue weighted by molar-refractivity contribution is 6.88. The van der Waals surface area contributed by atoms with E-state index in [0.717, 1.165) is 5.69 Å². The molecule has 0 aliphatic heterocycles. The Morgan fingerprint density at radius 1 is 0.453 bits per heavy atom. The second-order valence-corrected chi connectivity index (χ2v) is 21.4. The van der Waals surface area contributed by atoms with E-state index in [1.165, 1.54) is 88.2 Å². The lowest BCUT2D eigenvalue weighted by Gasteiger charge is -2.31. The molecule has 0 unspecified atom stereocenters. The van der Waals surface area contributed by atoms with Gasteiger partial charge < -0.3 is 4.90 Å². The molecular formula is C51H43NSi. The van der Waals surface area contributed by atoms with Crippen molar-refractivity contribution in [2.75, 3.05) is 4.90 Å². The predicted molar refractivity (Wildman–Crippen MR) is 230 cm³/mol. The number of hydrogen-bond donors (Lipinski definition) is 0. The van der Waals surface area contributed by atoms with Crippen LogP contribution in [0, 0.1) is 0 Å². The maximum atomic E-state index is 2.52. The van der Waals surface area contributed by atoms with E-state index in [-0.39, 0.29) is 0 Å². The first-order chi connectivity index (χ1) is 25.7. The van der Waals surface area contributed by atoms with Crippen molar-refractivity contribution in [1.82, 2.24) is 0 Å². The van der Waals surface area contributed by atoms with Crippen molar-refractivity contribution in [3.8, 4) is 22.3 Å². The molecule has 2 aliphatic rings. The molecular weight excluding hydrogens is 655 g/mol. The molecule has 1 nitrogen and oxygen atoms in total. The van der Waals surface area contributed by atoms with Crippen LogP contribution in [0.4, 0.5) is 17.1 Å². The van der Waals surface area contributed by atoms with Gasteiger partial charge in [-0.05, 0) is 126 Å². The summed E-state index contributed by atoms with van der Waals surface area (Å²) in [6, 6.07) is 62.4. The van der Waals surface area contributed by atoms with Crippen LogP contribution in [-0.2, 0) is 5.41 Å². The van der Waals surface area contributed by atoms with Crippen LogP contribution >= 0.6 is 0 Å². The number of hydrogen-bond acceptors (Lipinski definition) is 1. The van der Waals surface area contributed by atoms with E-state index in [0.29, 0.717) is 5.92 Å². The topological polar surface area (TPSA) is 3.24 Å². The predicted octanol–water partition coefficient (Wildman–Crippen LogP) is 13.5. The molecule has 2 heteroatoms. The van der Waals surface area contributed by atoms with Crippen LogP contribution in [0.25, 0.3) is 43.8 Å². The molecule has 2 aliphatic carbocycles. The van der Waals surface area contributed by atoms with Gasteiger partial charge >= 0.3 is 0 Å². The second kappa shape index (κ2) is 11.7. The monoisotopic (exact) mass is 697 g/mol. The Hall–Kier alpha value is -5.70. The molecule has 0 fully saturated rings. The van der Waals surface area contributed by atoms with Gasteiger partial charge in [-0.25, -0.2) is 0 Å². The summed E-state index contributed by atoms with van der Waals surface area (Å²) in [6.07, 6.45) is 0. The minimum Gasteiger partial charge on any atom is -0.310 e. The molecule has 1 spiro atoms. The number of rotatable bonds is 5. The highest BCUT2D eigenvalue weighted by Gasteiger charge is 2.52. The zero-order chi connectivity index (χ0) is 36.1. The largest absolute Gasteiger partial charge is 0.310 e. The van der Waals surface area contributed by atoms with E-state index < -0.39 is 13.5 Å². The summed E-state index contributed by atoms with van der Waals surface area (Å²) in [5, 5.41) is 6.58. The van der Waals surface area contributed by atoms with Gasteiger partial charge in [-0.3, -0.25) is 0 Å². The number of nitrogens with zero attached hydrogens (tertiary/aromatic N) is 1. The van der Waals surface area contributed by atoms with Gasteiger partial charge in [0.05, 0.1) is 13.5 Å². The number of fused-ring (bicyclic) bond motifs is 13. The van der Waals surface area contributed by atoms with Crippen LogP contribution in [0.1, 0.15) is 47.6 Å². The Morgan fingerprint density at radius 3 is 1.70 bits per heavy atom. The van der Waals surface area contributed by atoms with Gasteiger partial charge in [0, 0.05) is 17.1 Å². The third kappa shape index (κ3) is 4.68. The zero-order valence-electron chi connectivity index (χ0n) is 31.1. The molecule has 0 N–H and O–H groups in total. The van der Waals surface area contributed by atoms with Gasteiger partial charge in [0.2, 0.25) is 0 Å². The van der Waals surface area contributed by atoms with E-state index in [2.05, 4.69) is 202 Å². The van der Waals surface area contributed by atoms with E-state index in [1.807, 2.05) is 0 Å². The molecule has 0 saturated heterocycles. The fourth-order valence-corrected chi connectivity index (χ4v) is 10.5. The van der Waals surface area contributed by atoms with Gasteiger partial charge in [0.25, 0.3) is 0 Å². The van der Waals surface area contributed by atoms with Crippen molar-refractivity contribution in [2.45, 2.75) is 44.8 Å². The summed E-state index contributed by atoms with van der Waals surface area (Å²) in [5.41, 5.74) is 15.4. The van der Waals surface area contributed by atoms with Crippen molar-refractivity contribution < 1.29 is 0 Å². The smallest absolute Gasteiger partial charge is 0.0775 e. The maximum Gasteiger partial charge on any atom is 0.0775 e. The lowest BCUT2D eigenvalue weighted by Crippen LogP contribution is -2.37. The summed E-state index contributed by atoms with van der Waals surface area (Å²) in [6.45, 7) is 11.8. The molecule has 256 valence electrons. The van der Waals surface area contributed by atoms with Crippen molar-refractivity contribution in [1.29, 1.82) is 0 Å². The lowest BCUT2D eigenvalue weighted by molar-refractivity contribution is 0.795. The van der Waals surface area contributed by atoms with Crippen LogP contribution in [0.2, 0.25) is 19.6 Å². The standard InChI is InChI=1S/C51H43NSi/c1-33(2)34-18-22-38(23-19-34)52(39-25-27-41(28-26-39)53(3,4)5)40-24-20-36-31-45-49(32-37(36)30-40)51(48-29-21-35-12-6-7-13-42(35)50(45)48)46-16-10-8-14-43(46)44-15-9-11-17-47(44)51/h6-33H,1-5H3. The van der Waals surface area contributed by atoms with E-state index in [9.17, 15) is 0 Å². The highest BCUT2D eigenvalue weighted by Crippen LogP contribution is 2.64. The Morgan fingerprint density at radius 2 is 1.04 bits per heavy atom. The Balaban J connectivity index is 1.23. The van der Waals surface area contributed by atoms with Gasteiger partial charge in [0.1, 0.15) is 0 Å². The molecule has 8 aromatic rings. The van der Waals surface area contributed by atoms with Crippen LogP contribution in [-0.4, -0.2) is 8.07 Å². The Bertz CT molecular complexity index is 2680. The lowest BCUT2D eigenvalue weighted by atomic mass is 9.70. The molecule has 0 heterocycles. The van der Waals surface area contributed by atoms with Gasteiger partial charge in [-0.1, -0.05) is 154 Å². The average molecular weight is 698 g/mol. The van der Waals surface area contributed by atoms with Crippen LogP contribution in [0.5, 0.6) is 0 Å². The van der Waals surface area contributed by atoms with E-state index >= 15 is 0 Å². The molecule has 0 radical (unpaired) electrons. The molecule has 10 rings (SSSR count). The fourth-order valence-electron chi connectivity index (χ4n) is 9.34. The van der Waals surface area contributed by atoms with Crippen molar-refractivity contribution in [3.05, 3.63) is 192 Å². The molecule has 0 atom stereocenters. The maximum absolute atomic E-state index is 2.52. The minimum atomic E-state index is -1.45. The fraction of sp³-hybridized carbons (Fsp3) is 0.137. The Kier molecular flexibility index (Phi) is 7.03. The number of benzene rings is 8. The second-order valence-electron chi connectivity index (χ2n) is 16.4. The minimum absolute atomic E-state index is 0.398. The van der Waals surface area contributed by atoms with Crippen molar-refractivity contribution >= 4 is 51.9 Å². The SMILES string of the molecule is CC(C)c1ccc(N(c2ccc([Si](C)(C)C)cc2)c2ccc3cc4c(cc3c2)C2(c3ccccc3-c3ccccc32)c2ccc3ccccc3c2-4)cc1. The normalized spacial score (nSPS) is 13.7. The third-order valence-electron chi connectivity index (χ3n) is 12.0. The summed E-state index contributed by atoms with van der Waals surface area (Å²) in [7, 11) is -1.45. The first-order valence-corrected chi connectivity index (χ1v) is 22.5. The molecule has 0 amide bonds. The molecule has 8 aromatic carbocycles. The summed E-state index contributed by atoms with van der Waals surface area (Å²) >= 11 is 0. The highest BCUT2D eigenvalue weighted by atomic mass is 28.3. The van der Waals surface area contributed by atoms with Crippen molar-refractivity contribution in [2.24, 2.45) is 0 Å². The average Bonchev–Trinajstić information content (AvgIpc) is 3.64. The quantitative estimate of drug-likeness (QED) is 0.162.